The number of nitro benzene ring substituents is 1. The first-order valence-corrected chi connectivity index (χ1v) is 4.73. The molecule has 0 fully saturated rings. The molecule has 0 amide bonds. The molecule has 6 nitrogen and oxygen atoms in total. The van der Waals surface area contributed by atoms with Crippen LogP contribution in [0.5, 0.6) is 5.75 Å². The molecule has 1 aromatic rings. The average Bonchev–Trinajstić information content (AvgIpc) is 2.16. The summed E-state index contributed by atoms with van der Waals surface area (Å²) in [5.74, 6) is 0.372. The third-order valence-corrected chi connectivity index (χ3v) is 1.86. The number of ether oxygens (including phenoxy) is 2. The van der Waals surface area contributed by atoms with Crippen LogP contribution in [0.4, 0.5) is 11.4 Å². The first-order chi connectivity index (χ1) is 7.52. The standard InChI is InChI=1S/C10H14N2O4/c1-7(6-15-2)16-10-4-8(11)3-9(5-10)12(13)14/h3-5,7H,6,11H2,1-2H3. The van der Waals surface area contributed by atoms with Crippen LogP contribution in [0.3, 0.4) is 0 Å². The van der Waals surface area contributed by atoms with Crippen LogP contribution in [0.1, 0.15) is 6.92 Å². The zero-order valence-electron chi connectivity index (χ0n) is 9.17. The number of methoxy groups -OCH3 is 1. The molecule has 2 N–H and O–H groups in total. The van der Waals surface area contributed by atoms with Gasteiger partial charge in [-0.05, 0) is 6.92 Å². The van der Waals surface area contributed by atoms with Crippen LogP contribution in [0.15, 0.2) is 18.2 Å². The summed E-state index contributed by atoms with van der Waals surface area (Å²) in [7, 11) is 1.56. The Hall–Kier alpha value is -1.82. The van der Waals surface area contributed by atoms with Crippen molar-refractivity contribution in [1.29, 1.82) is 0 Å². The number of nitrogens with two attached hydrogens (primary N) is 1. The van der Waals surface area contributed by atoms with Crippen LogP contribution in [0, 0.1) is 10.1 Å². The first kappa shape index (κ1) is 12.3. The molecule has 6 heteroatoms. The van der Waals surface area contributed by atoms with Gasteiger partial charge >= 0.3 is 0 Å². The molecule has 88 valence electrons. The highest BCUT2D eigenvalue weighted by Crippen LogP contribution is 2.24. The predicted octanol–water partition coefficient (Wildman–Crippen LogP) is 1.59. The summed E-state index contributed by atoms with van der Waals surface area (Å²) in [5.41, 5.74) is 5.75. The van der Waals surface area contributed by atoms with Gasteiger partial charge in [0, 0.05) is 24.9 Å². The van der Waals surface area contributed by atoms with Gasteiger partial charge in [0.2, 0.25) is 0 Å². The Bertz CT molecular complexity index is 381. The molecule has 1 rings (SSSR count). The molecule has 1 aromatic carbocycles. The first-order valence-electron chi connectivity index (χ1n) is 4.73. The van der Waals surface area contributed by atoms with E-state index in [2.05, 4.69) is 0 Å². The van der Waals surface area contributed by atoms with Crippen LogP contribution in [-0.4, -0.2) is 24.7 Å². The molecule has 1 atom stereocenters. The van der Waals surface area contributed by atoms with E-state index < -0.39 is 4.92 Å². The number of hydrogen-bond donors (Lipinski definition) is 1. The van der Waals surface area contributed by atoms with Crippen molar-refractivity contribution in [2.45, 2.75) is 13.0 Å². The fourth-order valence-electron chi connectivity index (χ4n) is 1.28. The lowest BCUT2D eigenvalue weighted by molar-refractivity contribution is -0.384. The van der Waals surface area contributed by atoms with Crippen molar-refractivity contribution in [1.82, 2.24) is 0 Å². The van der Waals surface area contributed by atoms with Crippen molar-refractivity contribution < 1.29 is 14.4 Å². The SMILES string of the molecule is COCC(C)Oc1cc(N)cc([N+](=O)[O-])c1. The second kappa shape index (κ2) is 5.32. The van der Waals surface area contributed by atoms with Gasteiger partial charge in [0.1, 0.15) is 11.9 Å². The summed E-state index contributed by atoms with van der Waals surface area (Å²) >= 11 is 0. The Balaban J connectivity index is 2.84. The number of hydrogen-bond acceptors (Lipinski definition) is 5. The van der Waals surface area contributed by atoms with E-state index >= 15 is 0 Å². The number of benzene rings is 1. The van der Waals surface area contributed by atoms with E-state index in [0.29, 0.717) is 18.0 Å². The number of anilines is 1. The van der Waals surface area contributed by atoms with Gasteiger partial charge in [-0.3, -0.25) is 10.1 Å². The zero-order valence-corrected chi connectivity index (χ0v) is 9.17. The van der Waals surface area contributed by atoms with Crippen LogP contribution in [0.25, 0.3) is 0 Å². The summed E-state index contributed by atoms with van der Waals surface area (Å²) in [6.45, 7) is 2.21. The normalized spacial score (nSPS) is 12.1. The predicted molar refractivity (Wildman–Crippen MR) is 59.5 cm³/mol. The lowest BCUT2D eigenvalue weighted by Crippen LogP contribution is -2.18. The van der Waals surface area contributed by atoms with E-state index in [9.17, 15) is 10.1 Å². The van der Waals surface area contributed by atoms with E-state index in [0.717, 1.165) is 0 Å². The van der Waals surface area contributed by atoms with Crippen molar-refractivity contribution in [3.8, 4) is 5.75 Å². The van der Waals surface area contributed by atoms with Gasteiger partial charge in [0.25, 0.3) is 5.69 Å². The summed E-state index contributed by atoms with van der Waals surface area (Å²) in [4.78, 5) is 10.1. The molecule has 0 saturated heterocycles. The lowest BCUT2D eigenvalue weighted by Gasteiger charge is -2.13. The Labute approximate surface area is 93.1 Å². The molecule has 0 aliphatic carbocycles. The van der Waals surface area contributed by atoms with Crippen LogP contribution in [0.2, 0.25) is 0 Å². The smallest absolute Gasteiger partial charge is 0.275 e. The molecule has 0 radical (unpaired) electrons. The topological polar surface area (TPSA) is 87.6 Å². The minimum atomic E-state index is -0.510. The van der Waals surface area contributed by atoms with Crippen molar-refractivity contribution in [2.75, 3.05) is 19.5 Å². The van der Waals surface area contributed by atoms with Gasteiger partial charge < -0.3 is 15.2 Å². The number of non-ortho nitro benzene ring substituents is 1. The van der Waals surface area contributed by atoms with Crippen molar-refractivity contribution in [3.63, 3.8) is 0 Å². The van der Waals surface area contributed by atoms with Crippen LogP contribution in [-0.2, 0) is 4.74 Å². The van der Waals surface area contributed by atoms with E-state index in [1.807, 2.05) is 0 Å². The number of rotatable bonds is 5. The highest BCUT2D eigenvalue weighted by molar-refractivity contribution is 5.53. The van der Waals surface area contributed by atoms with Crippen molar-refractivity contribution in [3.05, 3.63) is 28.3 Å². The number of nitrogen functional groups attached to an aromatic ring is 1. The lowest BCUT2D eigenvalue weighted by atomic mass is 10.2. The Morgan fingerprint density at radius 2 is 2.19 bits per heavy atom. The Morgan fingerprint density at radius 1 is 1.50 bits per heavy atom. The summed E-state index contributed by atoms with van der Waals surface area (Å²) < 4.78 is 10.3. The van der Waals surface area contributed by atoms with Crippen molar-refractivity contribution in [2.24, 2.45) is 0 Å². The maximum atomic E-state index is 10.6. The Kier molecular flexibility index (Phi) is 4.07. The minimum absolute atomic E-state index is 0.0837. The van der Waals surface area contributed by atoms with Gasteiger partial charge in [-0.1, -0.05) is 0 Å². The summed E-state index contributed by atoms with van der Waals surface area (Å²) in [6, 6.07) is 4.16. The molecule has 0 saturated carbocycles. The summed E-state index contributed by atoms with van der Waals surface area (Å²) in [5, 5.41) is 10.6. The minimum Gasteiger partial charge on any atom is -0.488 e. The number of nitro groups is 1. The molecule has 0 spiro atoms. The van der Waals surface area contributed by atoms with Crippen LogP contribution < -0.4 is 10.5 Å². The monoisotopic (exact) mass is 226 g/mol. The van der Waals surface area contributed by atoms with Crippen LogP contribution >= 0.6 is 0 Å². The van der Waals surface area contributed by atoms with Gasteiger partial charge in [-0.25, -0.2) is 0 Å². The maximum Gasteiger partial charge on any atom is 0.275 e. The molecule has 0 aliphatic heterocycles. The van der Waals surface area contributed by atoms with Gasteiger partial charge in [-0.15, -0.1) is 0 Å². The highest BCUT2D eigenvalue weighted by atomic mass is 16.6. The number of nitrogens with zero attached hydrogens (tertiary/aromatic N) is 1. The third kappa shape index (κ3) is 3.39. The van der Waals surface area contributed by atoms with Gasteiger partial charge in [0.05, 0.1) is 17.6 Å². The molecular weight excluding hydrogens is 212 g/mol. The third-order valence-electron chi connectivity index (χ3n) is 1.86. The maximum absolute atomic E-state index is 10.6. The molecule has 1 unspecified atom stereocenters. The van der Waals surface area contributed by atoms with E-state index in [-0.39, 0.29) is 11.8 Å². The Morgan fingerprint density at radius 3 is 2.75 bits per heavy atom. The largest absolute Gasteiger partial charge is 0.488 e. The van der Waals surface area contributed by atoms with E-state index in [1.54, 1.807) is 20.1 Å². The fraction of sp³-hybridized carbons (Fsp3) is 0.400. The fourth-order valence-corrected chi connectivity index (χ4v) is 1.28. The van der Waals surface area contributed by atoms with E-state index in [4.69, 9.17) is 15.2 Å². The zero-order chi connectivity index (χ0) is 12.1. The molecule has 16 heavy (non-hydrogen) atoms. The average molecular weight is 226 g/mol. The van der Waals surface area contributed by atoms with Crippen molar-refractivity contribution >= 4 is 11.4 Å². The molecular formula is C10H14N2O4. The second-order valence-corrected chi connectivity index (χ2v) is 3.40. The van der Waals surface area contributed by atoms with Gasteiger partial charge in [-0.2, -0.15) is 0 Å². The van der Waals surface area contributed by atoms with E-state index in [1.165, 1.54) is 12.1 Å². The molecule has 0 aromatic heterocycles. The molecule has 0 heterocycles. The van der Waals surface area contributed by atoms with Gasteiger partial charge in [0.15, 0.2) is 0 Å². The molecule has 0 aliphatic rings. The molecule has 0 bridgehead atoms. The summed E-state index contributed by atoms with van der Waals surface area (Å²) in [6.07, 6.45) is -0.189. The second-order valence-electron chi connectivity index (χ2n) is 3.40. The highest BCUT2D eigenvalue weighted by Gasteiger charge is 2.11. The quantitative estimate of drug-likeness (QED) is 0.468.